The second-order valence-corrected chi connectivity index (χ2v) is 10.8. The number of benzene rings is 3. The van der Waals surface area contributed by atoms with E-state index in [-0.39, 0.29) is 15.6 Å². The molecular weight excluding hydrogens is 567 g/mol. The Bertz CT molecular complexity index is 1420. The number of ether oxygens (including phenoxy) is 2. The van der Waals surface area contributed by atoms with Crippen LogP contribution in [0.25, 0.3) is 0 Å². The standard InChI is InChI=1S/C31H32Cl2N2O6/c1-4-40-23-15-8-6-13-20(23)34-29(37)26-22(36)17-31(3,39)28(27(26)25-18(32)11-10-12-19(25)33)30(38)35-21-14-7-9-16-24(21)41-5-2/h6-16,26-28,39H,4-5,17H2,1-3H3,(H,34,37)(H,35,38). The number of Topliss-reactive ketones (excluding diaryl/α,β-unsaturated/α-hetero) is 1. The normalized spacial score (nSPS) is 22.1. The fourth-order valence-electron chi connectivity index (χ4n) is 5.39. The zero-order chi connectivity index (χ0) is 29.7. The first-order chi connectivity index (χ1) is 19.6. The molecule has 0 radical (unpaired) electrons. The van der Waals surface area contributed by atoms with Crippen LogP contribution in [0.2, 0.25) is 10.0 Å². The molecular formula is C31H32Cl2N2O6. The molecule has 3 aromatic rings. The van der Waals surface area contributed by atoms with Gasteiger partial charge in [0.1, 0.15) is 23.2 Å². The largest absolute Gasteiger partial charge is 0.492 e. The summed E-state index contributed by atoms with van der Waals surface area (Å²) in [5.74, 6) is -4.90. The molecule has 2 amide bonds. The third kappa shape index (κ3) is 6.50. The number of aliphatic hydroxyl groups is 1. The Hall–Kier alpha value is -3.59. The second-order valence-electron chi connectivity index (χ2n) is 9.95. The van der Waals surface area contributed by atoms with Gasteiger partial charge >= 0.3 is 0 Å². The van der Waals surface area contributed by atoms with E-state index in [0.29, 0.717) is 36.1 Å². The lowest BCUT2D eigenvalue weighted by Crippen LogP contribution is -2.56. The molecule has 0 spiro atoms. The molecule has 3 N–H and O–H groups in total. The van der Waals surface area contributed by atoms with Crippen LogP contribution in [0.15, 0.2) is 66.7 Å². The minimum atomic E-state index is -1.84. The van der Waals surface area contributed by atoms with E-state index in [1.165, 1.54) is 6.92 Å². The molecule has 8 nitrogen and oxygen atoms in total. The van der Waals surface area contributed by atoms with E-state index in [0.717, 1.165) is 0 Å². The zero-order valence-corrected chi connectivity index (χ0v) is 24.5. The van der Waals surface area contributed by atoms with Crippen molar-refractivity contribution in [1.82, 2.24) is 0 Å². The lowest BCUT2D eigenvalue weighted by Gasteiger charge is -2.45. The minimum Gasteiger partial charge on any atom is -0.492 e. The Morgan fingerprint density at radius 1 is 0.854 bits per heavy atom. The topological polar surface area (TPSA) is 114 Å². The molecule has 4 atom stereocenters. The maximum atomic E-state index is 14.0. The quantitative estimate of drug-likeness (QED) is 0.256. The maximum Gasteiger partial charge on any atom is 0.235 e. The molecule has 1 fully saturated rings. The summed E-state index contributed by atoms with van der Waals surface area (Å²) in [4.78, 5) is 41.6. The molecule has 1 aliphatic carbocycles. The second kappa shape index (κ2) is 12.9. The van der Waals surface area contributed by atoms with E-state index in [9.17, 15) is 19.5 Å². The van der Waals surface area contributed by atoms with Crippen LogP contribution in [0.4, 0.5) is 11.4 Å². The third-order valence-corrected chi connectivity index (χ3v) is 7.71. The monoisotopic (exact) mass is 598 g/mol. The molecule has 0 aromatic heterocycles. The lowest BCUT2D eigenvalue weighted by atomic mass is 9.61. The number of halogens is 2. The van der Waals surface area contributed by atoms with Crippen LogP contribution in [0.1, 0.15) is 38.7 Å². The number of ketones is 1. The fourth-order valence-corrected chi connectivity index (χ4v) is 6.04. The SMILES string of the molecule is CCOc1ccccc1NC(=O)C1C(=O)CC(C)(O)C(C(=O)Nc2ccccc2OCC)C1c1c(Cl)cccc1Cl. The summed E-state index contributed by atoms with van der Waals surface area (Å²) in [5.41, 5.74) is -0.877. The Labute approximate surface area is 248 Å². The number of rotatable bonds is 9. The molecule has 0 heterocycles. The van der Waals surface area contributed by atoms with Crippen molar-refractivity contribution in [3.05, 3.63) is 82.3 Å². The summed E-state index contributed by atoms with van der Waals surface area (Å²) >= 11 is 13.2. The molecule has 3 aromatic carbocycles. The van der Waals surface area contributed by atoms with E-state index >= 15 is 0 Å². The number of carbonyl (C=O) groups is 3. The lowest BCUT2D eigenvalue weighted by molar-refractivity contribution is -0.150. The van der Waals surface area contributed by atoms with E-state index < -0.39 is 47.4 Å². The maximum absolute atomic E-state index is 14.0. The van der Waals surface area contributed by atoms with E-state index in [1.807, 2.05) is 13.8 Å². The number of amides is 2. The highest BCUT2D eigenvalue weighted by Crippen LogP contribution is 2.50. The first kappa shape index (κ1) is 30.4. The van der Waals surface area contributed by atoms with Crippen molar-refractivity contribution in [1.29, 1.82) is 0 Å². The first-order valence-electron chi connectivity index (χ1n) is 13.3. The number of hydrogen-bond donors (Lipinski definition) is 3. The van der Waals surface area contributed by atoms with Crippen molar-refractivity contribution in [2.75, 3.05) is 23.8 Å². The van der Waals surface area contributed by atoms with Gasteiger partial charge in [0, 0.05) is 22.4 Å². The average molecular weight is 600 g/mol. The fraction of sp³-hybridized carbons (Fsp3) is 0.323. The number of carbonyl (C=O) groups excluding carboxylic acids is 3. The van der Waals surface area contributed by atoms with Gasteiger partial charge in [0.15, 0.2) is 0 Å². The smallest absolute Gasteiger partial charge is 0.235 e. The summed E-state index contributed by atoms with van der Waals surface area (Å²) in [6.45, 7) is 5.76. The highest BCUT2D eigenvalue weighted by Gasteiger charge is 2.56. The number of para-hydroxylation sites is 4. The third-order valence-electron chi connectivity index (χ3n) is 7.05. The Morgan fingerprint density at radius 3 is 1.85 bits per heavy atom. The van der Waals surface area contributed by atoms with E-state index in [2.05, 4.69) is 10.6 Å². The van der Waals surface area contributed by atoms with Crippen molar-refractivity contribution >= 4 is 52.2 Å². The molecule has 10 heteroatoms. The van der Waals surface area contributed by atoms with Crippen LogP contribution in [-0.4, -0.2) is 41.5 Å². The Kier molecular flexibility index (Phi) is 9.58. The van der Waals surface area contributed by atoms with Crippen LogP contribution >= 0.6 is 23.2 Å². The number of anilines is 2. The van der Waals surface area contributed by atoms with Gasteiger partial charge in [-0.3, -0.25) is 14.4 Å². The molecule has 0 bridgehead atoms. The molecule has 1 saturated carbocycles. The molecule has 1 aliphatic rings. The molecule has 4 unspecified atom stereocenters. The first-order valence-corrected chi connectivity index (χ1v) is 14.1. The summed E-state index contributed by atoms with van der Waals surface area (Å²) in [7, 11) is 0. The van der Waals surface area contributed by atoms with Crippen LogP contribution in [-0.2, 0) is 14.4 Å². The van der Waals surface area contributed by atoms with Gasteiger partial charge in [0.25, 0.3) is 0 Å². The number of nitrogens with one attached hydrogen (secondary N) is 2. The summed E-state index contributed by atoms with van der Waals surface area (Å²) in [6, 6.07) is 18.4. The van der Waals surface area contributed by atoms with Crippen molar-refractivity contribution in [2.45, 2.75) is 38.7 Å². The van der Waals surface area contributed by atoms with Crippen LogP contribution in [0, 0.1) is 11.8 Å². The van der Waals surface area contributed by atoms with Gasteiger partial charge in [0.2, 0.25) is 11.8 Å². The Morgan fingerprint density at radius 2 is 1.34 bits per heavy atom. The van der Waals surface area contributed by atoms with Gasteiger partial charge in [-0.25, -0.2) is 0 Å². The van der Waals surface area contributed by atoms with E-state index in [1.54, 1.807) is 66.7 Å². The van der Waals surface area contributed by atoms with E-state index in [4.69, 9.17) is 32.7 Å². The average Bonchev–Trinajstić information content (AvgIpc) is 2.90. The van der Waals surface area contributed by atoms with Crippen molar-refractivity contribution in [2.24, 2.45) is 11.8 Å². The van der Waals surface area contributed by atoms with Gasteiger partial charge in [-0.2, -0.15) is 0 Å². The van der Waals surface area contributed by atoms with Gasteiger partial charge < -0.3 is 25.2 Å². The molecule has 41 heavy (non-hydrogen) atoms. The van der Waals surface area contributed by atoms with Gasteiger partial charge in [-0.15, -0.1) is 0 Å². The van der Waals surface area contributed by atoms with Crippen molar-refractivity contribution in [3.8, 4) is 11.5 Å². The summed E-state index contributed by atoms with van der Waals surface area (Å²) in [5, 5.41) is 17.5. The zero-order valence-electron chi connectivity index (χ0n) is 22.9. The number of hydrogen-bond acceptors (Lipinski definition) is 6. The summed E-state index contributed by atoms with van der Waals surface area (Å²) in [6.07, 6.45) is -0.443. The Balaban J connectivity index is 1.82. The molecule has 4 rings (SSSR count). The summed E-state index contributed by atoms with van der Waals surface area (Å²) < 4.78 is 11.3. The van der Waals surface area contributed by atoms with Gasteiger partial charge in [-0.1, -0.05) is 53.5 Å². The minimum absolute atomic E-state index is 0.160. The van der Waals surface area contributed by atoms with Gasteiger partial charge in [0.05, 0.1) is 36.1 Å². The predicted octanol–water partition coefficient (Wildman–Crippen LogP) is 6.11. The van der Waals surface area contributed by atoms with Crippen LogP contribution < -0.4 is 20.1 Å². The molecule has 0 aliphatic heterocycles. The van der Waals surface area contributed by atoms with Gasteiger partial charge in [-0.05, 0) is 62.7 Å². The highest BCUT2D eigenvalue weighted by molar-refractivity contribution is 6.36. The van der Waals surface area contributed by atoms with Crippen LogP contribution in [0.3, 0.4) is 0 Å². The highest BCUT2D eigenvalue weighted by atomic mass is 35.5. The molecule has 216 valence electrons. The van der Waals surface area contributed by atoms with Crippen molar-refractivity contribution < 1.29 is 29.0 Å². The predicted molar refractivity (Wildman–Crippen MR) is 159 cm³/mol. The molecule has 0 saturated heterocycles. The van der Waals surface area contributed by atoms with Crippen molar-refractivity contribution in [3.63, 3.8) is 0 Å². The van der Waals surface area contributed by atoms with Crippen LogP contribution in [0.5, 0.6) is 11.5 Å².